The SMILES string of the molecule is CC(C)(C)OP(=O)(OC[C@H]1O[C@@H](n2cnc3c(NC4CCCC4)nc(Cl)nc32)[C@H](O)[C@@H]1O)OC(C)(C)C. The standard InChI is InChI=1S/C23H37ClN5O7P/c1-22(2,3)35-37(32,36-23(4,5)6)33-11-14-16(30)17(31)20(34-14)29-12-25-15-18(26-13-9-7-8-10-13)27-21(24)28-19(15)29/h12-14,16-17,20,30-31H,7-11H2,1-6H3,(H,26,27,28)/t14-,16-,17-,20-/m1/s1. The number of aromatic nitrogens is 4. The second-order valence-corrected chi connectivity index (χ2v) is 13.3. The molecule has 1 saturated heterocycles. The monoisotopic (exact) mass is 561 g/mol. The van der Waals surface area contributed by atoms with E-state index in [-0.39, 0.29) is 17.9 Å². The van der Waals surface area contributed by atoms with Gasteiger partial charge >= 0.3 is 7.82 Å². The number of nitrogens with zero attached hydrogens (tertiary/aromatic N) is 4. The number of nitrogens with one attached hydrogen (secondary N) is 1. The van der Waals surface area contributed by atoms with Gasteiger partial charge in [0.1, 0.15) is 18.3 Å². The van der Waals surface area contributed by atoms with E-state index < -0.39 is 43.6 Å². The molecule has 0 radical (unpaired) electrons. The number of fused-ring (bicyclic) bond motifs is 1. The third kappa shape index (κ3) is 6.99. The van der Waals surface area contributed by atoms with Crippen LogP contribution in [0.3, 0.4) is 0 Å². The highest BCUT2D eigenvalue weighted by Crippen LogP contribution is 2.55. The first-order valence-electron chi connectivity index (χ1n) is 12.5. The summed E-state index contributed by atoms with van der Waals surface area (Å²) in [6.45, 7) is 10.00. The fourth-order valence-corrected chi connectivity index (χ4v) is 6.42. The van der Waals surface area contributed by atoms with Crippen molar-refractivity contribution in [2.45, 2.75) is 109 Å². The summed E-state index contributed by atoms with van der Waals surface area (Å²) in [6.07, 6.45) is 1.02. The molecule has 0 bridgehead atoms. The Morgan fingerprint density at radius 1 is 1.11 bits per heavy atom. The summed E-state index contributed by atoms with van der Waals surface area (Å²) in [7, 11) is -4.05. The Morgan fingerprint density at radius 2 is 1.73 bits per heavy atom. The van der Waals surface area contributed by atoms with Crippen LogP contribution in [0.4, 0.5) is 5.82 Å². The van der Waals surface area contributed by atoms with E-state index in [9.17, 15) is 14.8 Å². The number of aliphatic hydroxyl groups excluding tert-OH is 2. The lowest BCUT2D eigenvalue weighted by Crippen LogP contribution is -2.34. The molecule has 208 valence electrons. The molecule has 1 aliphatic heterocycles. The number of rotatable bonds is 8. The highest BCUT2D eigenvalue weighted by Gasteiger charge is 2.47. The number of halogens is 1. The smallest absolute Gasteiger partial charge is 0.387 e. The zero-order chi connectivity index (χ0) is 27.2. The van der Waals surface area contributed by atoms with Crippen LogP contribution in [-0.2, 0) is 22.9 Å². The van der Waals surface area contributed by atoms with Gasteiger partial charge in [0.25, 0.3) is 0 Å². The van der Waals surface area contributed by atoms with E-state index in [2.05, 4.69) is 20.3 Å². The molecular formula is C23H37ClN5O7P. The number of anilines is 1. The van der Waals surface area contributed by atoms with Crippen molar-refractivity contribution in [2.75, 3.05) is 11.9 Å². The van der Waals surface area contributed by atoms with E-state index in [1.807, 2.05) is 0 Å². The third-order valence-electron chi connectivity index (χ3n) is 5.87. The number of ether oxygens (including phenoxy) is 1. The average Bonchev–Trinajstić information content (AvgIpc) is 3.45. The average molecular weight is 562 g/mol. The van der Waals surface area contributed by atoms with Gasteiger partial charge in [-0.2, -0.15) is 9.97 Å². The van der Waals surface area contributed by atoms with Crippen molar-refractivity contribution in [3.05, 3.63) is 11.6 Å². The maximum Gasteiger partial charge on any atom is 0.475 e. The molecule has 12 nitrogen and oxygen atoms in total. The lowest BCUT2D eigenvalue weighted by Gasteiger charge is -2.31. The maximum atomic E-state index is 13.4. The quantitative estimate of drug-likeness (QED) is 0.314. The van der Waals surface area contributed by atoms with Gasteiger partial charge in [-0.05, 0) is 66.0 Å². The van der Waals surface area contributed by atoms with Crippen molar-refractivity contribution in [3.8, 4) is 0 Å². The van der Waals surface area contributed by atoms with Gasteiger partial charge in [0.15, 0.2) is 23.2 Å². The highest BCUT2D eigenvalue weighted by atomic mass is 35.5. The van der Waals surface area contributed by atoms with Crippen LogP contribution in [0.2, 0.25) is 5.28 Å². The Labute approximate surface area is 221 Å². The second kappa shape index (κ2) is 10.7. The molecule has 14 heteroatoms. The van der Waals surface area contributed by atoms with Crippen LogP contribution in [0.5, 0.6) is 0 Å². The number of hydrogen-bond acceptors (Lipinski definition) is 11. The molecular weight excluding hydrogens is 525 g/mol. The van der Waals surface area contributed by atoms with E-state index in [0.29, 0.717) is 17.0 Å². The molecule has 4 atom stereocenters. The number of phosphoric ester groups is 1. The first kappa shape index (κ1) is 28.6. The van der Waals surface area contributed by atoms with Crippen LogP contribution in [0.25, 0.3) is 11.2 Å². The predicted molar refractivity (Wildman–Crippen MR) is 137 cm³/mol. The number of imidazole rings is 1. The predicted octanol–water partition coefficient (Wildman–Crippen LogP) is 4.21. The van der Waals surface area contributed by atoms with E-state index in [4.69, 9.17) is 29.9 Å². The lowest BCUT2D eigenvalue weighted by atomic mass is 10.1. The molecule has 4 rings (SSSR count). The fraction of sp³-hybridized carbons (Fsp3) is 0.783. The molecule has 0 aromatic carbocycles. The van der Waals surface area contributed by atoms with Crippen molar-refractivity contribution in [1.29, 1.82) is 0 Å². The molecule has 2 aliphatic rings. The Bertz CT molecular complexity index is 1120. The van der Waals surface area contributed by atoms with E-state index in [0.717, 1.165) is 25.7 Å². The largest absolute Gasteiger partial charge is 0.475 e. The molecule has 1 aliphatic carbocycles. The van der Waals surface area contributed by atoms with Crippen LogP contribution in [-0.4, -0.2) is 71.9 Å². The Kier molecular flexibility index (Phi) is 8.25. The molecule has 2 aromatic rings. The molecule has 37 heavy (non-hydrogen) atoms. The van der Waals surface area contributed by atoms with E-state index in [1.54, 1.807) is 41.5 Å². The molecule has 1 saturated carbocycles. The molecule has 2 aromatic heterocycles. The number of aliphatic hydroxyl groups is 2. The van der Waals surface area contributed by atoms with Crippen LogP contribution in [0, 0.1) is 0 Å². The van der Waals surface area contributed by atoms with Crippen molar-refractivity contribution in [2.24, 2.45) is 0 Å². The van der Waals surface area contributed by atoms with Crippen molar-refractivity contribution in [3.63, 3.8) is 0 Å². The summed E-state index contributed by atoms with van der Waals surface area (Å²) in [4.78, 5) is 13.0. The summed E-state index contributed by atoms with van der Waals surface area (Å²) in [5.41, 5.74) is -0.826. The van der Waals surface area contributed by atoms with Gasteiger partial charge in [-0.15, -0.1) is 0 Å². The van der Waals surface area contributed by atoms with Crippen LogP contribution < -0.4 is 5.32 Å². The summed E-state index contributed by atoms with van der Waals surface area (Å²) in [5, 5.41) is 25.0. The molecule has 0 amide bonds. The zero-order valence-electron chi connectivity index (χ0n) is 22.0. The van der Waals surface area contributed by atoms with Crippen LogP contribution >= 0.6 is 19.4 Å². The first-order valence-corrected chi connectivity index (χ1v) is 14.3. The fourth-order valence-electron chi connectivity index (χ4n) is 4.44. The van der Waals surface area contributed by atoms with Crippen molar-refractivity contribution >= 4 is 36.4 Å². The van der Waals surface area contributed by atoms with Gasteiger partial charge < -0.3 is 20.3 Å². The first-order chi connectivity index (χ1) is 17.1. The van der Waals surface area contributed by atoms with Gasteiger partial charge in [-0.3, -0.25) is 18.1 Å². The highest BCUT2D eigenvalue weighted by molar-refractivity contribution is 7.48. The molecule has 3 heterocycles. The summed E-state index contributed by atoms with van der Waals surface area (Å²) >= 11 is 6.21. The maximum absolute atomic E-state index is 13.4. The van der Waals surface area contributed by atoms with Crippen molar-refractivity contribution in [1.82, 2.24) is 19.5 Å². The van der Waals surface area contributed by atoms with Gasteiger partial charge in [0, 0.05) is 6.04 Å². The molecule has 3 N–H and O–H groups in total. The number of hydrogen-bond donors (Lipinski definition) is 3. The second-order valence-electron chi connectivity index (χ2n) is 11.5. The summed E-state index contributed by atoms with van der Waals surface area (Å²) in [6, 6.07) is 0.275. The Balaban J connectivity index is 1.53. The summed E-state index contributed by atoms with van der Waals surface area (Å²) in [5.74, 6) is 0.508. The van der Waals surface area contributed by atoms with E-state index >= 15 is 0 Å². The minimum Gasteiger partial charge on any atom is -0.387 e. The topological polar surface area (TPSA) is 150 Å². The van der Waals surface area contributed by atoms with Gasteiger partial charge in [-0.1, -0.05) is 12.8 Å². The van der Waals surface area contributed by atoms with Gasteiger partial charge in [0.2, 0.25) is 5.28 Å². The molecule has 0 unspecified atom stereocenters. The van der Waals surface area contributed by atoms with E-state index in [1.165, 1.54) is 10.9 Å². The lowest BCUT2D eigenvalue weighted by molar-refractivity contribution is -0.0612. The molecule has 0 spiro atoms. The van der Waals surface area contributed by atoms with Crippen molar-refractivity contribution < 1.29 is 33.1 Å². The van der Waals surface area contributed by atoms with Crippen LogP contribution in [0.1, 0.15) is 73.5 Å². The minimum absolute atomic E-state index is 0.0160. The minimum atomic E-state index is -4.05. The number of phosphoric acid groups is 1. The van der Waals surface area contributed by atoms with Crippen LogP contribution in [0.15, 0.2) is 6.33 Å². The van der Waals surface area contributed by atoms with Gasteiger partial charge in [0.05, 0.1) is 24.1 Å². The Hall–Kier alpha value is -1.37. The normalized spacial score (nSPS) is 25.9. The third-order valence-corrected chi connectivity index (χ3v) is 8.05. The summed E-state index contributed by atoms with van der Waals surface area (Å²) < 4.78 is 37.6. The zero-order valence-corrected chi connectivity index (χ0v) is 23.7. The molecule has 2 fully saturated rings. The Morgan fingerprint density at radius 3 is 2.32 bits per heavy atom. The van der Waals surface area contributed by atoms with Gasteiger partial charge in [-0.25, -0.2) is 9.55 Å².